The lowest BCUT2D eigenvalue weighted by Crippen LogP contribution is -2.25. The number of nitrogens with zero attached hydrogens (tertiary/aromatic N) is 4. The molecule has 0 radical (unpaired) electrons. The normalized spacial score (nSPS) is 14.0. The maximum absolute atomic E-state index is 12.6. The first-order chi connectivity index (χ1) is 15.0. The van der Waals surface area contributed by atoms with Crippen molar-refractivity contribution in [3.63, 3.8) is 0 Å². The van der Waals surface area contributed by atoms with Crippen molar-refractivity contribution in [2.45, 2.75) is 33.6 Å². The third-order valence-electron chi connectivity index (χ3n) is 5.59. The minimum absolute atomic E-state index is 0.273. The summed E-state index contributed by atoms with van der Waals surface area (Å²) in [4.78, 5) is 23.7. The number of rotatable bonds is 7. The Morgan fingerprint density at radius 1 is 1.13 bits per heavy atom. The van der Waals surface area contributed by atoms with Gasteiger partial charge in [-0.25, -0.2) is 9.97 Å². The highest BCUT2D eigenvalue weighted by Gasteiger charge is 2.18. The summed E-state index contributed by atoms with van der Waals surface area (Å²) >= 11 is 0. The number of aryl methyl sites for hydroxylation is 3. The van der Waals surface area contributed by atoms with Gasteiger partial charge < -0.3 is 14.6 Å². The molecule has 0 atom stereocenters. The molecule has 3 aromatic rings. The van der Waals surface area contributed by atoms with E-state index in [0.717, 1.165) is 47.9 Å². The molecule has 1 saturated heterocycles. The number of benzene rings is 1. The molecule has 0 unspecified atom stereocenters. The fourth-order valence-corrected chi connectivity index (χ4v) is 3.91. The molecule has 8 nitrogen and oxygen atoms in total. The van der Waals surface area contributed by atoms with Gasteiger partial charge in [0, 0.05) is 34.7 Å². The SMILES string of the molecule is Cc1nocc1C(=O)Nc1ccc(OCCN2CCCC2)c(-c2c(C)ncnc2C)c1. The Balaban J connectivity index is 1.61. The van der Waals surface area contributed by atoms with E-state index in [1.807, 2.05) is 32.0 Å². The summed E-state index contributed by atoms with van der Waals surface area (Å²) in [6.45, 7) is 9.39. The zero-order chi connectivity index (χ0) is 21.8. The van der Waals surface area contributed by atoms with E-state index in [1.165, 1.54) is 19.1 Å². The minimum Gasteiger partial charge on any atom is -0.492 e. The highest BCUT2D eigenvalue weighted by molar-refractivity contribution is 6.05. The van der Waals surface area contributed by atoms with E-state index in [1.54, 1.807) is 13.3 Å². The van der Waals surface area contributed by atoms with Gasteiger partial charge in [-0.1, -0.05) is 5.16 Å². The molecule has 0 aliphatic carbocycles. The number of amides is 1. The molecule has 1 aliphatic heterocycles. The quantitative estimate of drug-likeness (QED) is 0.620. The van der Waals surface area contributed by atoms with Crippen LogP contribution in [0.1, 0.15) is 40.3 Å². The Kier molecular flexibility index (Phi) is 6.27. The predicted molar refractivity (Wildman–Crippen MR) is 117 cm³/mol. The maximum Gasteiger partial charge on any atom is 0.260 e. The number of hydrogen-bond acceptors (Lipinski definition) is 7. The predicted octanol–water partition coefficient (Wildman–Crippen LogP) is 3.78. The molecule has 4 rings (SSSR count). The molecule has 1 N–H and O–H groups in total. The van der Waals surface area contributed by atoms with Crippen LogP contribution in [0.25, 0.3) is 11.1 Å². The molecule has 0 saturated carbocycles. The lowest BCUT2D eigenvalue weighted by atomic mass is 10.0. The van der Waals surface area contributed by atoms with Gasteiger partial charge in [-0.3, -0.25) is 9.69 Å². The van der Waals surface area contributed by atoms with Gasteiger partial charge in [0.2, 0.25) is 0 Å². The largest absolute Gasteiger partial charge is 0.492 e. The standard InChI is InChI=1S/C23H27N5O3/c1-15-20(13-31-27-15)23(29)26-18-6-7-21(30-11-10-28-8-4-5-9-28)19(12-18)22-16(2)24-14-25-17(22)3/h6-7,12-14H,4-5,8-11H2,1-3H3,(H,26,29). The van der Waals surface area contributed by atoms with Gasteiger partial charge in [-0.05, 0) is 64.9 Å². The fourth-order valence-electron chi connectivity index (χ4n) is 3.91. The molecule has 1 aromatic carbocycles. The zero-order valence-corrected chi connectivity index (χ0v) is 18.1. The first kappa shape index (κ1) is 21.0. The highest BCUT2D eigenvalue weighted by Crippen LogP contribution is 2.35. The molecule has 162 valence electrons. The van der Waals surface area contributed by atoms with Crippen LogP contribution in [0.3, 0.4) is 0 Å². The number of carbonyl (C=O) groups excluding carboxylic acids is 1. The number of likely N-dealkylation sites (tertiary alicyclic amines) is 1. The Bertz CT molecular complexity index is 1050. The monoisotopic (exact) mass is 421 g/mol. The average molecular weight is 422 g/mol. The third kappa shape index (κ3) is 4.74. The first-order valence-corrected chi connectivity index (χ1v) is 10.5. The molecule has 2 aromatic heterocycles. The van der Waals surface area contributed by atoms with E-state index >= 15 is 0 Å². The summed E-state index contributed by atoms with van der Waals surface area (Å²) in [5.41, 5.74) is 5.08. The van der Waals surface area contributed by atoms with Crippen LogP contribution in [0, 0.1) is 20.8 Å². The van der Waals surface area contributed by atoms with E-state index in [0.29, 0.717) is 23.6 Å². The van der Waals surface area contributed by atoms with Gasteiger partial charge in [0.15, 0.2) is 0 Å². The van der Waals surface area contributed by atoms with Gasteiger partial charge in [0.25, 0.3) is 5.91 Å². The molecule has 3 heterocycles. The maximum atomic E-state index is 12.6. The molecular formula is C23H27N5O3. The summed E-state index contributed by atoms with van der Waals surface area (Å²) in [5.74, 6) is 0.476. The fraction of sp³-hybridized carbons (Fsp3) is 0.391. The minimum atomic E-state index is -0.273. The van der Waals surface area contributed by atoms with E-state index in [9.17, 15) is 4.79 Å². The summed E-state index contributed by atoms with van der Waals surface area (Å²) in [6.07, 6.45) is 5.42. The smallest absolute Gasteiger partial charge is 0.260 e. The molecule has 1 aliphatic rings. The van der Waals surface area contributed by atoms with Gasteiger partial charge >= 0.3 is 0 Å². The van der Waals surface area contributed by atoms with Crippen LogP contribution < -0.4 is 10.1 Å². The van der Waals surface area contributed by atoms with Crippen LogP contribution in [-0.2, 0) is 0 Å². The van der Waals surface area contributed by atoms with E-state index in [4.69, 9.17) is 9.26 Å². The van der Waals surface area contributed by atoms with Gasteiger partial charge in [-0.2, -0.15) is 0 Å². The van der Waals surface area contributed by atoms with Crippen molar-refractivity contribution in [2.24, 2.45) is 0 Å². The number of ether oxygens (including phenoxy) is 1. The summed E-state index contributed by atoms with van der Waals surface area (Å²) in [7, 11) is 0. The molecule has 1 fully saturated rings. The van der Waals surface area contributed by atoms with Crippen LogP contribution in [0.2, 0.25) is 0 Å². The average Bonchev–Trinajstić information content (AvgIpc) is 3.41. The number of nitrogens with one attached hydrogen (secondary N) is 1. The Morgan fingerprint density at radius 2 is 1.87 bits per heavy atom. The summed E-state index contributed by atoms with van der Waals surface area (Å²) < 4.78 is 11.1. The second kappa shape index (κ2) is 9.26. The summed E-state index contributed by atoms with van der Waals surface area (Å²) in [5, 5.41) is 6.69. The van der Waals surface area contributed by atoms with Crippen molar-refractivity contribution in [3.8, 4) is 16.9 Å². The van der Waals surface area contributed by atoms with Crippen molar-refractivity contribution in [2.75, 3.05) is 31.6 Å². The second-order valence-electron chi connectivity index (χ2n) is 7.80. The lowest BCUT2D eigenvalue weighted by molar-refractivity contribution is 0.102. The Hall–Kier alpha value is -3.26. The van der Waals surface area contributed by atoms with Crippen LogP contribution in [0.5, 0.6) is 5.75 Å². The number of aromatic nitrogens is 3. The third-order valence-corrected chi connectivity index (χ3v) is 5.59. The van der Waals surface area contributed by atoms with Crippen molar-refractivity contribution in [3.05, 3.63) is 53.4 Å². The van der Waals surface area contributed by atoms with E-state index in [2.05, 4.69) is 25.3 Å². The number of carbonyl (C=O) groups is 1. The number of anilines is 1. The van der Waals surface area contributed by atoms with Crippen LogP contribution >= 0.6 is 0 Å². The molecule has 8 heteroatoms. The number of hydrogen-bond donors (Lipinski definition) is 1. The van der Waals surface area contributed by atoms with Gasteiger partial charge in [0.05, 0.1) is 5.69 Å². The molecule has 0 spiro atoms. The van der Waals surface area contributed by atoms with Crippen molar-refractivity contribution >= 4 is 11.6 Å². The molecule has 1 amide bonds. The Labute approximate surface area is 181 Å². The molecular weight excluding hydrogens is 394 g/mol. The van der Waals surface area contributed by atoms with Gasteiger partial charge in [0.1, 0.15) is 30.5 Å². The van der Waals surface area contributed by atoms with Crippen LogP contribution in [0.4, 0.5) is 5.69 Å². The van der Waals surface area contributed by atoms with Gasteiger partial charge in [-0.15, -0.1) is 0 Å². The first-order valence-electron chi connectivity index (χ1n) is 10.5. The van der Waals surface area contributed by atoms with Crippen LogP contribution in [-0.4, -0.2) is 52.2 Å². The molecule has 31 heavy (non-hydrogen) atoms. The molecule has 0 bridgehead atoms. The summed E-state index contributed by atoms with van der Waals surface area (Å²) in [6, 6.07) is 5.63. The topological polar surface area (TPSA) is 93.4 Å². The van der Waals surface area contributed by atoms with Crippen LogP contribution in [0.15, 0.2) is 35.3 Å². The lowest BCUT2D eigenvalue weighted by Gasteiger charge is -2.18. The van der Waals surface area contributed by atoms with Crippen molar-refractivity contribution in [1.82, 2.24) is 20.0 Å². The second-order valence-corrected chi connectivity index (χ2v) is 7.80. The highest BCUT2D eigenvalue weighted by atomic mass is 16.5. The Morgan fingerprint density at radius 3 is 2.55 bits per heavy atom. The van der Waals surface area contributed by atoms with E-state index < -0.39 is 0 Å². The van der Waals surface area contributed by atoms with E-state index in [-0.39, 0.29) is 5.91 Å². The van der Waals surface area contributed by atoms with Crippen molar-refractivity contribution in [1.29, 1.82) is 0 Å². The zero-order valence-electron chi connectivity index (χ0n) is 18.1. The van der Waals surface area contributed by atoms with Crippen molar-refractivity contribution < 1.29 is 14.1 Å².